The van der Waals surface area contributed by atoms with Crippen molar-refractivity contribution in [1.29, 1.82) is 0 Å². The number of nitrogens with zero attached hydrogens (tertiary/aromatic N) is 2. The maximum atomic E-state index is 12.1. The Labute approximate surface area is 141 Å². The lowest BCUT2D eigenvalue weighted by Gasteiger charge is -2.17. The fraction of sp³-hybridized carbons (Fsp3) is 0.412. The number of hydrogen-bond donors (Lipinski definition) is 1. The van der Waals surface area contributed by atoms with Crippen molar-refractivity contribution in [1.82, 2.24) is 15.2 Å². The second kappa shape index (κ2) is 8.64. The number of nitrogens with one attached hydrogen (secondary N) is 1. The summed E-state index contributed by atoms with van der Waals surface area (Å²) in [7, 11) is 1.77. The quantitative estimate of drug-likeness (QED) is 0.845. The van der Waals surface area contributed by atoms with E-state index < -0.39 is 0 Å². The van der Waals surface area contributed by atoms with Gasteiger partial charge in [0.25, 0.3) is 0 Å². The zero-order chi connectivity index (χ0) is 16.7. The Hall–Kier alpha value is -1.92. The minimum absolute atomic E-state index is 0.103. The molecule has 0 aliphatic carbocycles. The van der Waals surface area contributed by atoms with Crippen molar-refractivity contribution in [2.24, 2.45) is 0 Å². The molecular formula is C17H23N3O2S. The molecule has 23 heavy (non-hydrogen) atoms. The topological polar surface area (TPSA) is 54.5 Å². The smallest absolute Gasteiger partial charge is 0.317 e. The number of aryl methyl sites for hydroxylation is 1. The minimum Gasteiger partial charge on any atom is -0.377 e. The zero-order valence-electron chi connectivity index (χ0n) is 13.8. The van der Waals surface area contributed by atoms with Gasteiger partial charge in [0.2, 0.25) is 0 Å². The first-order valence-corrected chi connectivity index (χ1v) is 8.52. The molecule has 0 fully saturated rings. The lowest BCUT2D eigenvalue weighted by Crippen LogP contribution is -2.36. The first-order chi connectivity index (χ1) is 11.1. The van der Waals surface area contributed by atoms with Crippen LogP contribution in [0.3, 0.4) is 0 Å². The minimum atomic E-state index is -0.103. The first kappa shape index (κ1) is 17.4. The van der Waals surface area contributed by atoms with Crippen LogP contribution < -0.4 is 5.32 Å². The number of aromatic nitrogens is 1. The van der Waals surface area contributed by atoms with Crippen LogP contribution in [0.5, 0.6) is 0 Å². The summed E-state index contributed by atoms with van der Waals surface area (Å²) in [4.78, 5) is 18.1. The van der Waals surface area contributed by atoms with Crippen LogP contribution in [0.25, 0.3) is 0 Å². The van der Waals surface area contributed by atoms with E-state index in [1.54, 1.807) is 23.3 Å². The lowest BCUT2D eigenvalue weighted by molar-refractivity contribution is 0.134. The molecule has 0 atom stereocenters. The number of benzene rings is 1. The molecule has 2 aromatic rings. The van der Waals surface area contributed by atoms with E-state index in [2.05, 4.69) is 10.3 Å². The van der Waals surface area contributed by atoms with E-state index in [1.165, 1.54) is 0 Å². The van der Waals surface area contributed by atoms with Gasteiger partial charge in [-0.3, -0.25) is 0 Å². The molecule has 1 N–H and O–H groups in total. The van der Waals surface area contributed by atoms with Crippen LogP contribution in [0.4, 0.5) is 4.79 Å². The Morgan fingerprint density at radius 1 is 1.30 bits per heavy atom. The van der Waals surface area contributed by atoms with Crippen molar-refractivity contribution < 1.29 is 9.53 Å². The highest BCUT2D eigenvalue weighted by Crippen LogP contribution is 2.10. The Morgan fingerprint density at radius 2 is 2.00 bits per heavy atom. The maximum Gasteiger partial charge on any atom is 0.317 e. The average Bonchev–Trinajstić information content (AvgIpc) is 2.96. The molecule has 1 aromatic carbocycles. The Morgan fingerprint density at radius 3 is 2.61 bits per heavy atom. The molecular weight excluding hydrogens is 310 g/mol. The average molecular weight is 333 g/mol. The lowest BCUT2D eigenvalue weighted by atomic mass is 10.1. The van der Waals surface area contributed by atoms with Crippen LogP contribution in [-0.2, 0) is 24.4 Å². The third kappa shape index (κ3) is 5.65. The van der Waals surface area contributed by atoms with Gasteiger partial charge in [0.05, 0.1) is 23.9 Å². The highest BCUT2D eigenvalue weighted by Gasteiger charge is 2.10. The Balaban J connectivity index is 1.79. The summed E-state index contributed by atoms with van der Waals surface area (Å²) >= 11 is 1.60. The molecule has 0 saturated heterocycles. The SMILES string of the molecule is CCOCc1ccc(CNC(=O)N(C)Cc2csc(C)n2)cc1. The number of carbonyl (C=O) groups is 1. The number of amides is 2. The molecule has 1 aromatic heterocycles. The van der Waals surface area contributed by atoms with E-state index in [9.17, 15) is 4.79 Å². The first-order valence-electron chi connectivity index (χ1n) is 7.64. The van der Waals surface area contributed by atoms with Gasteiger partial charge in [-0.25, -0.2) is 9.78 Å². The Kier molecular flexibility index (Phi) is 6.55. The Bertz CT molecular complexity index is 625. The van der Waals surface area contributed by atoms with Crippen LogP contribution in [0.2, 0.25) is 0 Å². The highest BCUT2D eigenvalue weighted by atomic mass is 32.1. The second-order valence-electron chi connectivity index (χ2n) is 5.33. The molecule has 0 aliphatic heterocycles. The predicted molar refractivity (Wildman–Crippen MR) is 92.3 cm³/mol. The van der Waals surface area contributed by atoms with Crippen LogP contribution in [0.1, 0.15) is 28.8 Å². The fourth-order valence-electron chi connectivity index (χ4n) is 2.08. The van der Waals surface area contributed by atoms with Gasteiger partial charge in [-0.2, -0.15) is 0 Å². The standard InChI is InChI=1S/C17H23N3O2S/c1-4-22-11-15-7-5-14(6-8-15)9-18-17(21)20(3)10-16-12-23-13(2)19-16/h5-8,12H,4,9-11H2,1-3H3,(H,18,21). The largest absolute Gasteiger partial charge is 0.377 e. The van der Waals surface area contributed by atoms with Crippen molar-refractivity contribution in [3.63, 3.8) is 0 Å². The summed E-state index contributed by atoms with van der Waals surface area (Å²) in [6, 6.07) is 7.98. The molecule has 0 unspecified atom stereocenters. The zero-order valence-corrected chi connectivity index (χ0v) is 14.7. The molecule has 0 spiro atoms. The van der Waals surface area contributed by atoms with E-state index in [4.69, 9.17) is 4.74 Å². The summed E-state index contributed by atoms with van der Waals surface area (Å²) < 4.78 is 5.37. The highest BCUT2D eigenvalue weighted by molar-refractivity contribution is 7.09. The fourth-order valence-corrected chi connectivity index (χ4v) is 2.69. The van der Waals surface area contributed by atoms with E-state index >= 15 is 0 Å². The monoisotopic (exact) mass is 333 g/mol. The number of ether oxygens (including phenoxy) is 1. The maximum absolute atomic E-state index is 12.1. The van der Waals surface area contributed by atoms with Gasteiger partial charge in [0.15, 0.2) is 0 Å². The van der Waals surface area contributed by atoms with Gasteiger partial charge in [-0.1, -0.05) is 24.3 Å². The van der Waals surface area contributed by atoms with Crippen LogP contribution in [-0.4, -0.2) is 29.6 Å². The summed E-state index contributed by atoms with van der Waals surface area (Å²) in [5, 5.41) is 5.92. The van der Waals surface area contributed by atoms with Crippen molar-refractivity contribution in [3.8, 4) is 0 Å². The normalized spacial score (nSPS) is 10.6. The van der Waals surface area contributed by atoms with E-state index in [0.717, 1.165) is 21.8 Å². The molecule has 2 amide bonds. The number of hydrogen-bond acceptors (Lipinski definition) is 4. The summed E-state index contributed by atoms with van der Waals surface area (Å²) in [5.41, 5.74) is 3.12. The number of urea groups is 1. The van der Waals surface area contributed by atoms with Gasteiger partial charge in [-0.15, -0.1) is 11.3 Å². The van der Waals surface area contributed by atoms with Crippen molar-refractivity contribution in [3.05, 3.63) is 51.5 Å². The molecule has 0 saturated carbocycles. The number of thiazole rings is 1. The van der Waals surface area contributed by atoms with Gasteiger partial charge >= 0.3 is 6.03 Å². The van der Waals surface area contributed by atoms with Crippen molar-refractivity contribution in [2.75, 3.05) is 13.7 Å². The van der Waals surface area contributed by atoms with Crippen molar-refractivity contribution in [2.45, 2.75) is 33.5 Å². The third-order valence-electron chi connectivity index (χ3n) is 3.35. The van der Waals surface area contributed by atoms with Gasteiger partial charge < -0.3 is 15.0 Å². The van der Waals surface area contributed by atoms with E-state index in [0.29, 0.717) is 26.3 Å². The van der Waals surface area contributed by atoms with Crippen LogP contribution in [0.15, 0.2) is 29.6 Å². The molecule has 0 radical (unpaired) electrons. The molecule has 0 aliphatic rings. The van der Waals surface area contributed by atoms with Crippen LogP contribution in [0, 0.1) is 6.92 Å². The third-order valence-corrected chi connectivity index (χ3v) is 4.17. The van der Waals surface area contributed by atoms with Crippen molar-refractivity contribution >= 4 is 17.4 Å². The van der Waals surface area contributed by atoms with Crippen LogP contribution >= 0.6 is 11.3 Å². The number of rotatable bonds is 7. The van der Waals surface area contributed by atoms with E-state index in [-0.39, 0.29) is 6.03 Å². The summed E-state index contributed by atoms with van der Waals surface area (Å²) in [5.74, 6) is 0. The van der Waals surface area contributed by atoms with Gasteiger partial charge in [0.1, 0.15) is 0 Å². The molecule has 6 heteroatoms. The summed E-state index contributed by atoms with van der Waals surface area (Å²) in [6.45, 7) is 6.30. The molecule has 0 bridgehead atoms. The number of carbonyl (C=O) groups excluding carboxylic acids is 1. The molecule has 2 rings (SSSR count). The predicted octanol–water partition coefficient (Wildman–Crippen LogP) is 3.33. The molecule has 5 nitrogen and oxygen atoms in total. The summed E-state index contributed by atoms with van der Waals surface area (Å²) in [6.07, 6.45) is 0. The van der Waals surface area contributed by atoms with E-state index in [1.807, 2.05) is 43.5 Å². The van der Waals surface area contributed by atoms with Gasteiger partial charge in [0, 0.05) is 25.6 Å². The second-order valence-corrected chi connectivity index (χ2v) is 6.39. The molecule has 1 heterocycles. The molecule has 124 valence electrons. The van der Waals surface area contributed by atoms with Gasteiger partial charge in [-0.05, 0) is 25.0 Å².